The second-order valence-electron chi connectivity index (χ2n) is 7.49. The predicted molar refractivity (Wildman–Crippen MR) is 98.2 cm³/mol. The lowest BCUT2D eigenvalue weighted by molar-refractivity contribution is -0.141. The quantitative estimate of drug-likeness (QED) is 0.819. The van der Waals surface area contributed by atoms with Gasteiger partial charge in [-0.1, -0.05) is 44.2 Å². The highest BCUT2D eigenvalue weighted by Crippen LogP contribution is 2.34. The van der Waals surface area contributed by atoms with E-state index in [0.29, 0.717) is 0 Å². The smallest absolute Gasteiger partial charge is 0.308 e. The van der Waals surface area contributed by atoms with E-state index in [0.717, 1.165) is 11.8 Å². The fourth-order valence-electron chi connectivity index (χ4n) is 3.71. The van der Waals surface area contributed by atoms with Crippen molar-refractivity contribution in [3.05, 3.63) is 53.3 Å². The van der Waals surface area contributed by atoms with Crippen LogP contribution < -0.4 is 0 Å². The zero-order valence-electron chi connectivity index (χ0n) is 15.8. The van der Waals surface area contributed by atoms with Crippen LogP contribution in [-0.2, 0) is 11.3 Å². The molecule has 0 bridgehead atoms. The number of nitrogens with zero attached hydrogens (tertiary/aromatic N) is 3. The summed E-state index contributed by atoms with van der Waals surface area (Å²) < 4.78 is 28.4. The number of aromatic nitrogens is 2. The highest BCUT2D eigenvalue weighted by atomic mass is 19.3. The molecule has 3 rings (SSSR count). The van der Waals surface area contributed by atoms with Gasteiger partial charge in [-0.15, -0.1) is 0 Å². The molecule has 0 radical (unpaired) electrons. The average molecular weight is 391 g/mol. The van der Waals surface area contributed by atoms with Crippen molar-refractivity contribution in [3.63, 3.8) is 0 Å². The summed E-state index contributed by atoms with van der Waals surface area (Å²) in [7, 11) is 0. The molecule has 1 fully saturated rings. The Morgan fingerprint density at radius 3 is 2.46 bits per heavy atom. The van der Waals surface area contributed by atoms with Gasteiger partial charge in [-0.05, 0) is 11.5 Å². The molecular formula is C20H23F2N3O3. The Kier molecular flexibility index (Phi) is 5.76. The number of likely N-dealkylation sites (tertiary alicyclic amines) is 1. The predicted octanol–water partition coefficient (Wildman–Crippen LogP) is 3.42. The van der Waals surface area contributed by atoms with Crippen molar-refractivity contribution in [3.8, 4) is 0 Å². The zero-order valence-corrected chi connectivity index (χ0v) is 15.8. The van der Waals surface area contributed by atoms with Crippen molar-refractivity contribution >= 4 is 11.9 Å². The number of amides is 1. The summed E-state index contributed by atoms with van der Waals surface area (Å²) in [5.41, 5.74) is 0.247. The van der Waals surface area contributed by atoms with E-state index in [-0.39, 0.29) is 37.0 Å². The van der Waals surface area contributed by atoms with Crippen LogP contribution in [-0.4, -0.2) is 44.8 Å². The van der Waals surface area contributed by atoms with Crippen molar-refractivity contribution in [1.82, 2.24) is 14.7 Å². The van der Waals surface area contributed by atoms with E-state index in [9.17, 15) is 23.5 Å². The topological polar surface area (TPSA) is 75.4 Å². The fraction of sp³-hybridized carbons (Fsp3) is 0.450. The standard InChI is InChI=1S/C20H23F2N3O3/c1-12(2)9-25-17(18(21)22)14(8-23-25)19(26)24-10-15(16(11-24)20(27)28)13-6-4-3-5-7-13/h3-8,12,15-16,18H,9-11H2,1-2H3,(H,27,28)/t15-,16-/m0/s1. The number of aliphatic carboxylic acids is 1. The lowest BCUT2D eigenvalue weighted by Crippen LogP contribution is -2.30. The summed E-state index contributed by atoms with van der Waals surface area (Å²) in [4.78, 5) is 26.0. The number of alkyl halides is 2. The molecule has 1 aliphatic rings. The van der Waals surface area contributed by atoms with Crippen LogP contribution in [0.25, 0.3) is 0 Å². The fourth-order valence-corrected chi connectivity index (χ4v) is 3.71. The Balaban J connectivity index is 1.89. The molecule has 0 saturated carbocycles. The molecular weight excluding hydrogens is 368 g/mol. The Morgan fingerprint density at radius 1 is 1.21 bits per heavy atom. The van der Waals surface area contributed by atoms with Crippen molar-refractivity contribution in [2.75, 3.05) is 13.1 Å². The third kappa shape index (κ3) is 3.90. The first-order valence-electron chi connectivity index (χ1n) is 9.20. The van der Waals surface area contributed by atoms with Gasteiger partial charge in [0.25, 0.3) is 12.3 Å². The monoisotopic (exact) mass is 391 g/mol. The molecule has 2 heterocycles. The first-order chi connectivity index (χ1) is 13.3. The molecule has 0 spiro atoms. The zero-order chi connectivity index (χ0) is 20.4. The minimum absolute atomic E-state index is 0.0221. The number of halogens is 2. The third-order valence-electron chi connectivity index (χ3n) is 5.01. The number of hydrogen-bond donors (Lipinski definition) is 1. The van der Waals surface area contributed by atoms with E-state index in [2.05, 4.69) is 5.10 Å². The number of rotatable bonds is 6. The highest BCUT2D eigenvalue weighted by molar-refractivity contribution is 5.96. The van der Waals surface area contributed by atoms with Gasteiger partial charge in [0.05, 0.1) is 17.7 Å². The lowest BCUT2D eigenvalue weighted by atomic mass is 9.89. The average Bonchev–Trinajstić information content (AvgIpc) is 3.26. The number of carboxylic acids is 1. The molecule has 0 aliphatic carbocycles. The maximum atomic E-state index is 13.6. The molecule has 2 aromatic rings. The van der Waals surface area contributed by atoms with Gasteiger partial charge < -0.3 is 10.0 Å². The number of carbonyl (C=O) groups is 2. The van der Waals surface area contributed by atoms with Gasteiger partial charge in [0.2, 0.25) is 0 Å². The number of carboxylic acid groups (broad SMARTS) is 1. The SMILES string of the molecule is CC(C)Cn1ncc(C(=O)N2C[C@H](C(=O)O)[C@H](c3ccccc3)C2)c1C(F)F. The van der Waals surface area contributed by atoms with Crippen LogP contribution in [0.1, 0.15) is 47.8 Å². The summed E-state index contributed by atoms with van der Waals surface area (Å²) in [5, 5.41) is 13.6. The van der Waals surface area contributed by atoms with E-state index in [4.69, 9.17) is 0 Å². The number of carbonyl (C=O) groups excluding carboxylic acids is 1. The van der Waals surface area contributed by atoms with Crippen molar-refractivity contribution < 1.29 is 23.5 Å². The van der Waals surface area contributed by atoms with Gasteiger partial charge in [0.1, 0.15) is 5.69 Å². The Morgan fingerprint density at radius 2 is 1.89 bits per heavy atom. The number of benzene rings is 1. The second-order valence-corrected chi connectivity index (χ2v) is 7.49. The van der Waals surface area contributed by atoms with Crippen LogP contribution >= 0.6 is 0 Å². The van der Waals surface area contributed by atoms with Crippen molar-refractivity contribution in [2.45, 2.75) is 32.7 Å². The minimum Gasteiger partial charge on any atom is -0.481 e. The van der Waals surface area contributed by atoms with Crippen LogP contribution in [0.15, 0.2) is 36.5 Å². The van der Waals surface area contributed by atoms with Crippen LogP contribution in [0.5, 0.6) is 0 Å². The Labute approximate surface area is 161 Å². The van der Waals surface area contributed by atoms with E-state index in [1.807, 2.05) is 44.2 Å². The molecule has 1 aliphatic heterocycles. The van der Waals surface area contributed by atoms with Gasteiger partial charge in [-0.25, -0.2) is 8.78 Å². The summed E-state index contributed by atoms with van der Waals surface area (Å²) in [6, 6.07) is 9.09. The maximum absolute atomic E-state index is 13.6. The first-order valence-corrected chi connectivity index (χ1v) is 9.20. The molecule has 0 unspecified atom stereocenters. The van der Waals surface area contributed by atoms with E-state index in [1.165, 1.54) is 9.58 Å². The van der Waals surface area contributed by atoms with Crippen LogP contribution in [0, 0.1) is 11.8 Å². The van der Waals surface area contributed by atoms with E-state index >= 15 is 0 Å². The highest BCUT2D eigenvalue weighted by Gasteiger charge is 2.41. The van der Waals surface area contributed by atoms with Gasteiger partial charge in [0, 0.05) is 25.6 Å². The van der Waals surface area contributed by atoms with E-state index < -0.39 is 29.9 Å². The number of hydrogen-bond acceptors (Lipinski definition) is 3. The Bertz CT molecular complexity index is 852. The molecule has 8 heteroatoms. The third-order valence-corrected chi connectivity index (χ3v) is 5.01. The summed E-state index contributed by atoms with van der Waals surface area (Å²) >= 11 is 0. The van der Waals surface area contributed by atoms with Gasteiger partial charge >= 0.3 is 5.97 Å². The molecule has 1 aromatic heterocycles. The largest absolute Gasteiger partial charge is 0.481 e. The Hall–Kier alpha value is -2.77. The van der Waals surface area contributed by atoms with Crippen molar-refractivity contribution in [1.29, 1.82) is 0 Å². The molecule has 1 aromatic carbocycles. The van der Waals surface area contributed by atoms with Crippen LogP contribution in [0.4, 0.5) is 8.78 Å². The molecule has 6 nitrogen and oxygen atoms in total. The van der Waals surface area contributed by atoms with Crippen LogP contribution in [0.2, 0.25) is 0 Å². The van der Waals surface area contributed by atoms with Crippen molar-refractivity contribution in [2.24, 2.45) is 11.8 Å². The molecule has 1 N–H and O–H groups in total. The summed E-state index contributed by atoms with van der Waals surface area (Å²) in [5.74, 6) is -2.69. The first kappa shape index (κ1) is 20.0. The minimum atomic E-state index is -2.84. The summed E-state index contributed by atoms with van der Waals surface area (Å²) in [6.45, 7) is 4.17. The van der Waals surface area contributed by atoms with E-state index in [1.54, 1.807) is 0 Å². The van der Waals surface area contributed by atoms with Crippen LogP contribution in [0.3, 0.4) is 0 Å². The molecule has 1 saturated heterocycles. The molecule has 2 atom stereocenters. The second kappa shape index (κ2) is 8.08. The molecule has 150 valence electrons. The van der Waals surface area contributed by atoms with Gasteiger partial charge in [-0.2, -0.15) is 5.10 Å². The van der Waals surface area contributed by atoms with Gasteiger partial charge in [0.15, 0.2) is 0 Å². The lowest BCUT2D eigenvalue weighted by Gasteiger charge is -2.17. The maximum Gasteiger partial charge on any atom is 0.308 e. The van der Waals surface area contributed by atoms with Gasteiger partial charge in [-0.3, -0.25) is 14.3 Å². The molecule has 1 amide bonds. The molecule has 28 heavy (non-hydrogen) atoms. The normalized spacial score (nSPS) is 19.6. The summed E-state index contributed by atoms with van der Waals surface area (Å²) in [6.07, 6.45) is -1.68.